The maximum Gasteiger partial charge on any atom is 0.104 e. The molecule has 0 atom stereocenters. The van der Waals surface area contributed by atoms with Crippen molar-refractivity contribution in [2.45, 2.75) is 39.7 Å². The number of benzene rings is 1. The summed E-state index contributed by atoms with van der Waals surface area (Å²) in [7, 11) is 0. The van der Waals surface area contributed by atoms with Gasteiger partial charge in [0, 0.05) is 22.0 Å². The second kappa shape index (κ2) is 5.19. The fourth-order valence-electron chi connectivity index (χ4n) is 2.31. The highest BCUT2D eigenvalue weighted by atomic mass is 32.1. The molecular weight excluding hydrogens is 278 g/mol. The molecule has 0 unspecified atom stereocenters. The highest BCUT2D eigenvalue weighted by molar-refractivity contribution is 7.12. The Bertz CT molecular complexity index is 762. The van der Waals surface area contributed by atoms with Crippen LogP contribution in [0.4, 0.5) is 5.69 Å². The average Bonchev–Trinajstić information content (AvgIpc) is 3.00. The van der Waals surface area contributed by atoms with Crippen LogP contribution in [-0.2, 0) is 12.0 Å². The summed E-state index contributed by atoms with van der Waals surface area (Å²) < 4.78 is 0. The van der Waals surface area contributed by atoms with Crippen molar-refractivity contribution in [1.29, 1.82) is 0 Å². The number of fused-ring (bicyclic) bond motifs is 1. The maximum atomic E-state index is 4.42. The van der Waals surface area contributed by atoms with Crippen molar-refractivity contribution in [2.24, 2.45) is 0 Å². The van der Waals surface area contributed by atoms with Gasteiger partial charge in [-0.15, -0.1) is 11.3 Å². The first kappa shape index (κ1) is 14.1. The SMILES string of the molecule is Cc1nc2ccc(NCc3ccc(C(C)(C)C)s3)cc2[nH]1. The second-order valence-electron chi connectivity index (χ2n) is 6.42. The van der Waals surface area contributed by atoms with E-state index in [0.29, 0.717) is 0 Å². The van der Waals surface area contributed by atoms with Gasteiger partial charge in [-0.1, -0.05) is 20.8 Å². The Hall–Kier alpha value is -1.81. The predicted molar refractivity (Wildman–Crippen MR) is 91.2 cm³/mol. The van der Waals surface area contributed by atoms with E-state index < -0.39 is 0 Å². The van der Waals surface area contributed by atoms with Crippen molar-refractivity contribution >= 4 is 28.1 Å². The third-order valence-corrected chi connectivity index (χ3v) is 4.98. The van der Waals surface area contributed by atoms with E-state index >= 15 is 0 Å². The largest absolute Gasteiger partial charge is 0.380 e. The van der Waals surface area contributed by atoms with Crippen LogP contribution in [0.2, 0.25) is 0 Å². The molecule has 2 N–H and O–H groups in total. The lowest BCUT2D eigenvalue weighted by Crippen LogP contribution is -2.07. The Morgan fingerprint density at radius 1 is 1.19 bits per heavy atom. The number of aromatic nitrogens is 2. The average molecular weight is 299 g/mol. The molecule has 0 aliphatic carbocycles. The van der Waals surface area contributed by atoms with Crippen LogP contribution in [0.3, 0.4) is 0 Å². The van der Waals surface area contributed by atoms with Crippen molar-refractivity contribution in [2.75, 3.05) is 5.32 Å². The van der Waals surface area contributed by atoms with Crippen LogP contribution in [0.25, 0.3) is 11.0 Å². The summed E-state index contributed by atoms with van der Waals surface area (Å²) in [5.74, 6) is 0.954. The summed E-state index contributed by atoms with van der Waals surface area (Å²) in [5, 5.41) is 3.49. The number of imidazole rings is 1. The van der Waals surface area contributed by atoms with Gasteiger partial charge in [0.05, 0.1) is 11.0 Å². The third-order valence-electron chi connectivity index (χ3n) is 3.47. The Morgan fingerprint density at radius 3 is 2.71 bits per heavy atom. The van der Waals surface area contributed by atoms with Crippen LogP contribution in [0.1, 0.15) is 36.3 Å². The molecule has 0 bridgehead atoms. The topological polar surface area (TPSA) is 40.7 Å². The van der Waals surface area contributed by atoms with Gasteiger partial charge in [-0.3, -0.25) is 0 Å². The molecular formula is C17H21N3S. The van der Waals surface area contributed by atoms with Crippen molar-refractivity contribution in [3.63, 3.8) is 0 Å². The van der Waals surface area contributed by atoms with E-state index in [2.05, 4.69) is 66.4 Å². The van der Waals surface area contributed by atoms with Crippen molar-refractivity contribution < 1.29 is 0 Å². The summed E-state index contributed by atoms with van der Waals surface area (Å²) in [6.07, 6.45) is 0. The van der Waals surface area contributed by atoms with Gasteiger partial charge >= 0.3 is 0 Å². The summed E-state index contributed by atoms with van der Waals surface area (Å²) in [5.41, 5.74) is 3.45. The molecule has 3 aromatic rings. The first-order valence-electron chi connectivity index (χ1n) is 7.21. The summed E-state index contributed by atoms with van der Waals surface area (Å²) in [4.78, 5) is 10.5. The van der Waals surface area contributed by atoms with Crippen molar-refractivity contribution in [1.82, 2.24) is 9.97 Å². The van der Waals surface area contributed by atoms with Crippen LogP contribution in [-0.4, -0.2) is 9.97 Å². The van der Waals surface area contributed by atoms with E-state index in [-0.39, 0.29) is 5.41 Å². The Balaban J connectivity index is 1.72. The standard InChI is InChI=1S/C17H21N3S/c1-11-19-14-7-5-12(9-15(14)20-11)18-10-13-6-8-16(21-13)17(2,3)4/h5-9,18H,10H2,1-4H3,(H,19,20). The van der Waals surface area contributed by atoms with Gasteiger partial charge < -0.3 is 10.3 Å². The summed E-state index contributed by atoms with van der Waals surface area (Å²) in [6.45, 7) is 9.60. The number of hydrogen-bond donors (Lipinski definition) is 2. The van der Waals surface area contributed by atoms with Crippen molar-refractivity contribution in [3.8, 4) is 0 Å². The molecule has 1 aromatic carbocycles. The minimum Gasteiger partial charge on any atom is -0.380 e. The van der Waals surface area contributed by atoms with Gasteiger partial charge in [0.1, 0.15) is 5.82 Å². The molecule has 4 heteroatoms. The van der Waals surface area contributed by atoms with E-state index in [1.54, 1.807) is 0 Å². The number of hydrogen-bond acceptors (Lipinski definition) is 3. The van der Waals surface area contributed by atoms with Gasteiger partial charge in [-0.25, -0.2) is 4.98 Å². The molecule has 110 valence electrons. The molecule has 2 aromatic heterocycles. The van der Waals surface area contributed by atoms with Gasteiger partial charge in [0.15, 0.2) is 0 Å². The fourth-order valence-corrected chi connectivity index (χ4v) is 3.32. The lowest BCUT2D eigenvalue weighted by Gasteiger charge is -2.15. The molecule has 21 heavy (non-hydrogen) atoms. The summed E-state index contributed by atoms with van der Waals surface area (Å²) >= 11 is 1.88. The first-order valence-corrected chi connectivity index (χ1v) is 8.03. The lowest BCUT2D eigenvalue weighted by atomic mass is 9.95. The van der Waals surface area contributed by atoms with E-state index in [9.17, 15) is 0 Å². The second-order valence-corrected chi connectivity index (χ2v) is 7.59. The number of thiophene rings is 1. The molecule has 0 fully saturated rings. The van der Waals surface area contributed by atoms with Crippen LogP contribution < -0.4 is 5.32 Å². The Labute approximate surface area is 129 Å². The van der Waals surface area contributed by atoms with Crippen molar-refractivity contribution in [3.05, 3.63) is 45.9 Å². The van der Waals surface area contributed by atoms with Crippen LogP contribution in [0.5, 0.6) is 0 Å². The van der Waals surface area contributed by atoms with Gasteiger partial charge in [-0.2, -0.15) is 0 Å². The quantitative estimate of drug-likeness (QED) is 0.726. The maximum absolute atomic E-state index is 4.42. The molecule has 0 radical (unpaired) electrons. The first-order chi connectivity index (χ1) is 9.91. The van der Waals surface area contributed by atoms with E-state index in [1.165, 1.54) is 9.75 Å². The number of aromatic amines is 1. The molecule has 0 saturated heterocycles. The predicted octanol–water partition coefficient (Wildman–Crippen LogP) is 4.84. The number of H-pyrrole nitrogens is 1. The molecule has 0 aliphatic heterocycles. The van der Waals surface area contributed by atoms with Crippen LogP contribution in [0, 0.1) is 6.92 Å². The number of aryl methyl sites for hydroxylation is 1. The van der Waals surface area contributed by atoms with Gasteiger partial charge in [0.2, 0.25) is 0 Å². The normalized spacial score (nSPS) is 12.0. The van der Waals surface area contributed by atoms with Crippen LogP contribution in [0.15, 0.2) is 30.3 Å². The zero-order valence-corrected chi connectivity index (χ0v) is 13.8. The molecule has 2 heterocycles. The minimum atomic E-state index is 0.231. The zero-order chi connectivity index (χ0) is 15.0. The van der Waals surface area contributed by atoms with Crippen LogP contribution >= 0.6 is 11.3 Å². The highest BCUT2D eigenvalue weighted by Gasteiger charge is 2.15. The molecule has 3 nitrogen and oxygen atoms in total. The molecule has 3 rings (SSSR count). The Morgan fingerprint density at radius 2 is 2.00 bits per heavy atom. The number of rotatable bonds is 3. The molecule has 0 saturated carbocycles. The lowest BCUT2D eigenvalue weighted by molar-refractivity contribution is 0.604. The third kappa shape index (κ3) is 3.10. The van der Waals surface area contributed by atoms with Gasteiger partial charge in [-0.05, 0) is 42.7 Å². The fraction of sp³-hybridized carbons (Fsp3) is 0.353. The molecule has 0 amide bonds. The van der Waals surface area contributed by atoms with E-state index in [0.717, 1.165) is 29.1 Å². The van der Waals surface area contributed by atoms with E-state index in [4.69, 9.17) is 0 Å². The smallest absolute Gasteiger partial charge is 0.104 e. The highest BCUT2D eigenvalue weighted by Crippen LogP contribution is 2.30. The summed E-state index contributed by atoms with van der Waals surface area (Å²) in [6, 6.07) is 10.7. The number of nitrogens with zero attached hydrogens (tertiary/aromatic N) is 1. The Kier molecular flexibility index (Phi) is 3.49. The number of nitrogens with one attached hydrogen (secondary N) is 2. The minimum absolute atomic E-state index is 0.231. The van der Waals surface area contributed by atoms with E-state index in [1.807, 2.05) is 18.3 Å². The monoisotopic (exact) mass is 299 g/mol. The molecule has 0 spiro atoms. The molecule has 0 aliphatic rings. The number of anilines is 1. The van der Waals surface area contributed by atoms with Gasteiger partial charge in [0.25, 0.3) is 0 Å². The zero-order valence-electron chi connectivity index (χ0n) is 12.9.